The van der Waals surface area contributed by atoms with E-state index < -0.39 is 0 Å². The Morgan fingerprint density at radius 3 is 1.52 bits per heavy atom. The highest BCUT2D eigenvalue weighted by Gasteiger charge is 2.30. The number of carbonyl (C=O) groups is 4. The number of anilines is 2. The summed E-state index contributed by atoms with van der Waals surface area (Å²) >= 11 is 12.6. The summed E-state index contributed by atoms with van der Waals surface area (Å²) in [4.78, 5) is 50.7. The number of halogens is 2. The van der Waals surface area contributed by atoms with E-state index in [0.29, 0.717) is 21.4 Å². The van der Waals surface area contributed by atoms with Gasteiger partial charge in [0.2, 0.25) is 0 Å². The van der Waals surface area contributed by atoms with Gasteiger partial charge in [-0.25, -0.2) is 9.80 Å². The van der Waals surface area contributed by atoms with Gasteiger partial charge >= 0.3 is 0 Å². The van der Waals surface area contributed by atoms with Crippen LogP contribution in [0.4, 0.5) is 11.4 Å². The van der Waals surface area contributed by atoms with Crippen molar-refractivity contribution in [1.29, 1.82) is 0 Å². The third kappa shape index (κ3) is 5.36. The third-order valence-corrected chi connectivity index (χ3v) is 7.85. The molecule has 0 saturated heterocycles. The minimum atomic E-state index is -0.301. The Labute approximate surface area is 253 Å². The number of amides is 4. The summed E-state index contributed by atoms with van der Waals surface area (Å²) in [6.45, 7) is 4.12. The lowest BCUT2D eigenvalue weighted by atomic mass is 9.99. The molecular formula is C34H28Cl2N2O4. The van der Waals surface area contributed by atoms with Crippen LogP contribution in [0.15, 0.2) is 85.0 Å². The van der Waals surface area contributed by atoms with Crippen molar-refractivity contribution in [3.05, 3.63) is 106 Å². The third-order valence-electron chi connectivity index (χ3n) is 7.21. The maximum atomic E-state index is 12.1. The Hall–Kier alpha value is -4.26. The molecule has 6 rings (SSSR count). The van der Waals surface area contributed by atoms with Crippen LogP contribution in [-0.2, 0) is 32.0 Å². The molecule has 0 spiro atoms. The smallest absolute Gasteiger partial charge is 0.258 e. The van der Waals surface area contributed by atoms with E-state index >= 15 is 0 Å². The molecule has 2 aliphatic rings. The van der Waals surface area contributed by atoms with Crippen molar-refractivity contribution in [2.75, 3.05) is 9.80 Å². The molecular weight excluding hydrogens is 571 g/mol. The predicted molar refractivity (Wildman–Crippen MR) is 169 cm³/mol. The van der Waals surface area contributed by atoms with Gasteiger partial charge in [0, 0.05) is 55.9 Å². The number of imide groups is 2. The standard InChI is InChI=1S/2C17H14ClNO2/c1-2-5-11-10-14(18)12-6-3-4-7-13(12)17(11)19-15(20)8-9-16(19)21;1-2-4-11-7-8-12-13(5-3-6-14(12)18)17(11)19-15(20)9-10-16(19)21/h3-4,6-10H,2,5H2,1H3;3,5-10H,2,4H2,1H3. The second-order valence-electron chi connectivity index (χ2n) is 10.0. The van der Waals surface area contributed by atoms with Crippen LogP contribution in [0.2, 0.25) is 10.0 Å². The molecule has 2 heterocycles. The summed E-state index contributed by atoms with van der Waals surface area (Å²) in [7, 11) is 0. The first-order chi connectivity index (χ1) is 20.3. The fourth-order valence-corrected chi connectivity index (χ4v) is 5.95. The van der Waals surface area contributed by atoms with Crippen LogP contribution in [0.1, 0.15) is 37.8 Å². The molecule has 0 radical (unpaired) electrons. The molecule has 4 aromatic rings. The molecule has 0 aliphatic carbocycles. The van der Waals surface area contributed by atoms with Gasteiger partial charge < -0.3 is 0 Å². The van der Waals surface area contributed by atoms with E-state index in [1.807, 2.05) is 54.6 Å². The van der Waals surface area contributed by atoms with E-state index in [4.69, 9.17) is 23.2 Å². The van der Waals surface area contributed by atoms with Gasteiger partial charge in [0.1, 0.15) is 0 Å². The van der Waals surface area contributed by atoms with Crippen LogP contribution in [0.5, 0.6) is 0 Å². The Balaban J connectivity index is 0.000000168. The molecule has 4 amide bonds. The number of hydrogen-bond donors (Lipinski definition) is 0. The quantitative estimate of drug-likeness (QED) is 0.213. The molecule has 8 heteroatoms. The first kappa shape index (κ1) is 29.2. The topological polar surface area (TPSA) is 74.8 Å². The fourth-order valence-electron chi connectivity index (χ4n) is 5.42. The minimum absolute atomic E-state index is 0.301. The largest absolute Gasteiger partial charge is 0.269 e. The van der Waals surface area contributed by atoms with Crippen LogP contribution >= 0.6 is 23.2 Å². The highest BCUT2D eigenvalue weighted by atomic mass is 35.5. The van der Waals surface area contributed by atoms with E-state index in [1.165, 1.54) is 34.1 Å². The van der Waals surface area contributed by atoms with Gasteiger partial charge in [-0.05, 0) is 36.1 Å². The van der Waals surface area contributed by atoms with Crippen molar-refractivity contribution in [2.45, 2.75) is 39.5 Å². The van der Waals surface area contributed by atoms with Crippen LogP contribution in [-0.4, -0.2) is 23.6 Å². The maximum absolute atomic E-state index is 12.1. The van der Waals surface area contributed by atoms with Crippen molar-refractivity contribution in [3.8, 4) is 0 Å². The molecule has 0 atom stereocenters. The fraction of sp³-hybridized carbons (Fsp3) is 0.176. The summed E-state index contributed by atoms with van der Waals surface area (Å²) < 4.78 is 0. The van der Waals surface area contributed by atoms with Crippen LogP contribution in [0.3, 0.4) is 0 Å². The van der Waals surface area contributed by atoms with Gasteiger partial charge in [-0.1, -0.05) is 98.4 Å². The van der Waals surface area contributed by atoms with Crippen LogP contribution in [0, 0.1) is 0 Å². The second kappa shape index (κ2) is 12.3. The van der Waals surface area contributed by atoms with Crippen LogP contribution < -0.4 is 9.80 Å². The van der Waals surface area contributed by atoms with Crippen molar-refractivity contribution in [1.82, 2.24) is 0 Å². The number of carbonyl (C=O) groups excluding carboxylic acids is 4. The van der Waals surface area contributed by atoms with Gasteiger partial charge in [0.25, 0.3) is 23.6 Å². The van der Waals surface area contributed by atoms with Gasteiger partial charge in [-0.15, -0.1) is 0 Å². The predicted octanol–water partition coefficient (Wildman–Crippen LogP) is 7.75. The molecule has 42 heavy (non-hydrogen) atoms. The molecule has 0 bridgehead atoms. The van der Waals surface area contributed by atoms with Crippen LogP contribution in [0.25, 0.3) is 21.5 Å². The summed E-state index contributed by atoms with van der Waals surface area (Å²) in [6, 6.07) is 18.9. The molecule has 212 valence electrons. The summed E-state index contributed by atoms with van der Waals surface area (Å²) in [6.07, 6.45) is 8.63. The lowest BCUT2D eigenvalue weighted by Crippen LogP contribution is -2.30. The highest BCUT2D eigenvalue weighted by Crippen LogP contribution is 2.38. The van der Waals surface area contributed by atoms with E-state index in [0.717, 1.165) is 58.4 Å². The normalized spacial score (nSPS) is 14.5. The average Bonchev–Trinajstić information content (AvgIpc) is 3.49. The van der Waals surface area contributed by atoms with E-state index in [-0.39, 0.29) is 23.6 Å². The van der Waals surface area contributed by atoms with Gasteiger partial charge in [0.05, 0.1) is 11.4 Å². The van der Waals surface area contributed by atoms with Gasteiger partial charge in [-0.3, -0.25) is 19.2 Å². The Morgan fingerprint density at radius 2 is 0.976 bits per heavy atom. The molecule has 4 aromatic carbocycles. The molecule has 2 aliphatic heterocycles. The maximum Gasteiger partial charge on any atom is 0.258 e. The SMILES string of the molecule is CCCc1cc(Cl)c2ccccc2c1N1C(=O)C=CC1=O.CCCc1ccc2c(Cl)cccc2c1N1C(=O)C=CC1=O. The molecule has 6 nitrogen and oxygen atoms in total. The zero-order valence-electron chi connectivity index (χ0n) is 23.2. The van der Waals surface area contributed by atoms with Gasteiger partial charge in [-0.2, -0.15) is 0 Å². The molecule has 0 aromatic heterocycles. The summed E-state index contributed by atoms with van der Waals surface area (Å²) in [5, 5.41) is 4.62. The van der Waals surface area contributed by atoms with Crippen molar-refractivity contribution in [2.24, 2.45) is 0 Å². The summed E-state index contributed by atoms with van der Waals surface area (Å²) in [5.41, 5.74) is 3.23. The number of nitrogens with zero attached hydrogens (tertiary/aromatic N) is 2. The minimum Gasteiger partial charge on any atom is -0.269 e. The number of hydrogen-bond acceptors (Lipinski definition) is 4. The van der Waals surface area contributed by atoms with E-state index in [2.05, 4.69) is 13.8 Å². The lowest BCUT2D eigenvalue weighted by Gasteiger charge is -2.21. The van der Waals surface area contributed by atoms with Crippen molar-refractivity contribution in [3.63, 3.8) is 0 Å². The molecule has 0 unspecified atom stereocenters. The first-order valence-electron chi connectivity index (χ1n) is 13.8. The molecule has 0 N–H and O–H groups in total. The van der Waals surface area contributed by atoms with E-state index in [1.54, 1.807) is 6.07 Å². The van der Waals surface area contributed by atoms with Gasteiger partial charge in [0.15, 0.2) is 0 Å². The number of fused-ring (bicyclic) bond motifs is 2. The number of benzene rings is 4. The Bertz CT molecular complexity index is 1730. The molecule has 0 saturated carbocycles. The monoisotopic (exact) mass is 598 g/mol. The molecule has 0 fully saturated rings. The van der Waals surface area contributed by atoms with Crippen molar-refractivity contribution < 1.29 is 19.2 Å². The van der Waals surface area contributed by atoms with E-state index in [9.17, 15) is 19.2 Å². The number of aryl methyl sites for hydroxylation is 2. The Kier molecular flexibility index (Phi) is 8.57. The first-order valence-corrected chi connectivity index (χ1v) is 14.5. The lowest BCUT2D eigenvalue weighted by molar-refractivity contribution is -0.121. The highest BCUT2D eigenvalue weighted by molar-refractivity contribution is 6.38. The Morgan fingerprint density at radius 1 is 0.524 bits per heavy atom. The summed E-state index contributed by atoms with van der Waals surface area (Å²) in [5.74, 6) is -1.20. The van der Waals surface area contributed by atoms with Crippen molar-refractivity contribution >= 4 is 79.8 Å². The average molecular weight is 600 g/mol. The zero-order valence-corrected chi connectivity index (χ0v) is 24.7. The zero-order chi connectivity index (χ0) is 30.0. The second-order valence-corrected chi connectivity index (χ2v) is 10.8. The number of rotatable bonds is 6.